The van der Waals surface area contributed by atoms with E-state index in [0.29, 0.717) is 23.5 Å². The summed E-state index contributed by atoms with van der Waals surface area (Å²) < 4.78 is 23.8. The molecule has 1 aliphatic heterocycles. The van der Waals surface area contributed by atoms with Gasteiger partial charge in [0.2, 0.25) is 0 Å². The third kappa shape index (κ3) is 4.20. The number of urea groups is 1. The van der Waals surface area contributed by atoms with Crippen LogP contribution in [0.5, 0.6) is 0 Å². The van der Waals surface area contributed by atoms with Gasteiger partial charge in [-0.2, -0.15) is 0 Å². The Morgan fingerprint density at radius 3 is 2.67 bits per heavy atom. The quantitative estimate of drug-likeness (QED) is 0.881. The minimum Gasteiger partial charge on any atom is -0.337 e. The standard InChI is InChI=1S/C15H22N2O3S/c1-15(2,3)10-16-14(18)17-12-6-7-13-11(9-12)5-4-8-21(13,19)20/h6-7,9H,4-5,8,10H2,1-3H3,(H2,16,17,18). The lowest BCUT2D eigenvalue weighted by molar-refractivity contribution is 0.247. The first-order valence-corrected chi connectivity index (χ1v) is 8.73. The van der Waals surface area contributed by atoms with Crippen molar-refractivity contribution in [1.29, 1.82) is 0 Å². The Labute approximate surface area is 126 Å². The smallest absolute Gasteiger partial charge is 0.319 e. The van der Waals surface area contributed by atoms with E-state index >= 15 is 0 Å². The summed E-state index contributed by atoms with van der Waals surface area (Å²) in [7, 11) is -3.15. The molecular weight excluding hydrogens is 288 g/mol. The van der Waals surface area contributed by atoms with Crippen molar-refractivity contribution in [2.75, 3.05) is 17.6 Å². The van der Waals surface area contributed by atoms with Gasteiger partial charge in [0.15, 0.2) is 9.84 Å². The number of rotatable bonds is 2. The molecule has 6 heteroatoms. The number of carbonyl (C=O) groups is 1. The molecule has 1 aliphatic rings. The molecule has 116 valence electrons. The molecule has 0 aromatic heterocycles. The van der Waals surface area contributed by atoms with E-state index in [9.17, 15) is 13.2 Å². The molecule has 0 saturated heterocycles. The molecule has 0 radical (unpaired) electrons. The Morgan fingerprint density at radius 1 is 1.29 bits per heavy atom. The fourth-order valence-corrected chi connectivity index (χ4v) is 3.82. The van der Waals surface area contributed by atoms with Gasteiger partial charge in [-0.1, -0.05) is 20.8 Å². The van der Waals surface area contributed by atoms with Crippen LogP contribution in [0, 0.1) is 5.41 Å². The topological polar surface area (TPSA) is 75.3 Å². The maximum absolute atomic E-state index is 11.9. The van der Waals surface area contributed by atoms with Crippen LogP contribution in [0.15, 0.2) is 23.1 Å². The molecule has 1 aromatic rings. The first kappa shape index (κ1) is 15.8. The van der Waals surface area contributed by atoms with Gasteiger partial charge >= 0.3 is 6.03 Å². The summed E-state index contributed by atoms with van der Waals surface area (Å²) in [5, 5.41) is 5.55. The molecule has 0 unspecified atom stereocenters. The molecule has 5 nitrogen and oxygen atoms in total. The number of hydrogen-bond acceptors (Lipinski definition) is 3. The molecule has 0 atom stereocenters. The second kappa shape index (κ2) is 5.67. The van der Waals surface area contributed by atoms with Gasteiger partial charge in [0.05, 0.1) is 10.6 Å². The Morgan fingerprint density at radius 2 is 2.00 bits per heavy atom. The Hall–Kier alpha value is -1.56. The fourth-order valence-electron chi connectivity index (χ4n) is 2.24. The van der Waals surface area contributed by atoms with Crippen LogP contribution in [0.4, 0.5) is 10.5 Å². The predicted octanol–water partition coefficient (Wildman–Crippen LogP) is 2.57. The summed E-state index contributed by atoms with van der Waals surface area (Å²) in [5.74, 6) is 0.207. The van der Waals surface area contributed by atoms with Gasteiger partial charge in [-0.15, -0.1) is 0 Å². The number of fused-ring (bicyclic) bond motifs is 1. The van der Waals surface area contributed by atoms with Crippen molar-refractivity contribution < 1.29 is 13.2 Å². The normalized spacial score (nSPS) is 16.9. The van der Waals surface area contributed by atoms with E-state index in [4.69, 9.17) is 0 Å². The van der Waals surface area contributed by atoms with E-state index in [2.05, 4.69) is 10.6 Å². The van der Waals surface area contributed by atoms with E-state index in [1.165, 1.54) is 0 Å². The molecular formula is C15H22N2O3S. The van der Waals surface area contributed by atoms with Crippen LogP contribution in [0.25, 0.3) is 0 Å². The number of carbonyl (C=O) groups excluding carboxylic acids is 1. The number of anilines is 1. The molecule has 0 saturated carbocycles. The maximum atomic E-state index is 11.9. The minimum atomic E-state index is -3.15. The first-order valence-electron chi connectivity index (χ1n) is 7.08. The summed E-state index contributed by atoms with van der Waals surface area (Å²) >= 11 is 0. The molecule has 2 amide bonds. The van der Waals surface area contributed by atoms with Crippen LogP contribution < -0.4 is 10.6 Å². The highest BCUT2D eigenvalue weighted by atomic mass is 32.2. The number of nitrogens with one attached hydrogen (secondary N) is 2. The van der Waals surface area contributed by atoms with Gasteiger partial charge < -0.3 is 10.6 Å². The van der Waals surface area contributed by atoms with Gasteiger partial charge in [0, 0.05) is 12.2 Å². The number of aryl methyl sites for hydroxylation is 1. The van der Waals surface area contributed by atoms with Crippen LogP contribution in [0.2, 0.25) is 0 Å². The zero-order valence-corrected chi connectivity index (χ0v) is 13.5. The highest BCUT2D eigenvalue weighted by Gasteiger charge is 2.23. The monoisotopic (exact) mass is 310 g/mol. The summed E-state index contributed by atoms with van der Waals surface area (Å²) in [6.45, 7) is 6.68. The second-order valence-corrected chi connectivity index (χ2v) is 8.69. The Balaban J connectivity index is 2.08. The molecule has 2 N–H and O–H groups in total. The molecule has 0 bridgehead atoms. The van der Waals surface area contributed by atoms with Crippen molar-refractivity contribution in [3.63, 3.8) is 0 Å². The SMILES string of the molecule is CC(C)(C)CNC(=O)Nc1ccc2c(c1)CCCS2(=O)=O. The summed E-state index contributed by atoms with van der Waals surface area (Å²) in [4.78, 5) is 12.2. The molecule has 21 heavy (non-hydrogen) atoms. The maximum Gasteiger partial charge on any atom is 0.319 e. The zero-order valence-electron chi connectivity index (χ0n) is 12.7. The van der Waals surface area contributed by atoms with Gasteiger partial charge in [-0.3, -0.25) is 0 Å². The lowest BCUT2D eigenvalue weighted by atomic mass is 9.97. The van der Waals surface area contributed by atoms with Gasteiger partial charge in [0.25, 0.3) is 0 Å². The minimum absolute atomic E-state index is 0.0151. The highest BCUT2D eigenvalue weighted by molar-refractivity contribution is 7.91. The van der Waals surface area contributed by atoms with E-state index in [-0.39, 0.29) is 17.2 Å². The number of sulfone groups is 1. The van der Waals surface area contributed by atoms with Crippen molar-refractivity contribution in [1.82, 2.24) is 5.32 Å². The van der Waals surface area contributed by atoms with Crippen molar-refractivity contribution in [3.05, 3.63) is 23.8 Å². The fraction of sp³-hybridized carbons (Fsp3) is 0.533. The Bertz CT molecular complexity index is 645. The molecule has 0 spiro atoms. The van der Waals surface area contributed by atoms with Crippen LogP contribution in [0.3, 0.4) is 0 Å². The van der Waals surface area contributed by atoms with Gasteiger partial charge in [-0.05, 0) is 42.0 Å². The molecule has 2 rings (SSSR count). The van der Waals surface area contributed by atoms with Crippen molar-refractivity contribution in [3.8, 4) is 0 Å². The van der Waals surface area contributed by atoms with Crippen LogP contribution >= 0.6 is 0 Å². The third-order valence-electron chi connectivity index (χ3n) is 3.29. The van der Waals surface area contributed by atoms with E-state index < -0.39 is 9.84 Å². The average molecular weight is 310 g/mol. The van der Waals surface area contributed by atoms with Crippen molar-refractivity contribution in [2.45, 2.75) is 38.5 Å². The predicted molar refractivity (Wildman–Crippen MR) is 83.3 cm³/mol. The third-order valence-corrected chi connectivity index (χ3v) is 5.19. The molecule has 0 fully saturated rings. The van der Waals surface area contributed by atoms with Gasteiger partial charge in [0.1, 0.15) is 0 Å². The largest absolute Gasteiger partial charge is 0.337 e. The number of amides is 2. The van der Waals surface area contributed by atoms with E-state index in [1.807, 2.05) is 20.8 Å². The lowest BCUT2D eigenvalue weighted by Gasteiger charge is -2.20. The van der Waals surface area contributed by atoms with Crippen LogP contribution in [0.1, 0.15) is 32.8 Å². The summed E-state index contributed by atoms with van der Waals surface area (Å²) in [5.41, 5.74) is 1.42. The Kier molecular flexibility index (Phi) is 4.27. The molecule has 0 aliphatic carbocycles. The molecule has 1 heterocycles. The lowest BCUT2D eigenvalue weighted by Crippen LogP contribution is -2.35. The van der Waals surface area contributed by atoms with Crippen LogP contribution in [-0.4, -0.2) is 26.7 Å². The first-order chi connectivity index (χ1) is 9.67. The number of hydrogen-bond donors (Lipinski definition) is 2. The van der Waals surface area contributed by atoms with E-state index in [0.717, 1.165) is 12.0 Å². The highest BCUT2D eigenvalue weighted by Crippen LogP contribution is 2.27. The van der Waals surface area contributed by atoms with Gasteiger partial charge in [-0.25, -0.2) is 13.2 Å². The van der Waals surface area contributed by atoms with Crippen molar-refractivity contribution in [2.24, 2.45) is 5.41 Å². The average Bonchev–Trinajstić information content (AvgIpc) is 2.35. The van der Waals surface area contributed by atoms with Crippen LogP contribution in [-0.2, 0) is 16.3 Å². The van der Waals surface area contributed by atoms with E-state index in [1.54, 1.807) is 18.2 Å². The zero-order chi connectivity index (χ0) is 15.7. The second-order valence-electron chi connectivity index (χ2n) is 6.61. The summed E-state index contributed by atoms with van der Waals surface area (Å²) in [6, 6.07) is 4.70. The summed E-state index contributed by atoms with van der Waals surface area (Å²) in [6.07, 6.45) is 1.36. The van der Waals surface area contributed by atoms with Crippen molar-refractivity contribution >= 4 is 21.6 Å². The molecule has 1 aromatic carbocycles. The number of benzene rings is 1.